The van der Waals surface area contributed by atoms with Crippen molar-refractivity contribution in [2.24, 2.45) is 0 Å². The monoisotopic (exact) mass is 378 g/mol. The van der Waals surface area contributed by atoms with Crippen molar-refractivity contribution in [3.8, 4) is 0 Å². The lowest BCUT2D eigenvalue weighted by atomic mass is 10.0. The third-order valence-corrected chi connectivity index (χ3v) is 4.70. The number of carbonyl (C=O) groups excluding carboxylic acids is 1. The van der Waals surface area contributed by atoms with E-state index in [2.05, 4.69) is 4.98 Å². The van der Waals surface area contributed by atoms with E-state index in [0.29, 0.717) is 40.2 Å². The van der Waals surface area contributed by atoms with Crippen LogP contribution < -0.4 is 5.76 Å². The molecule has 0 saturated carbocycles. The number of aromatic nitrogens is 2. The summed E-state index contributed by atoms with van der Waals surface area (Å²) >= 11 is 6.11. The minimum absolute atomic E-state index is 0.216. The van der Waals surface area contributed by atoms with Crippen LogP contribution in [0.15, 0.2) is 76.1 Å². The van der Waals surface area contributed by atoms with Crippen molar-refractivity contribution >= 4 is 28.5 Å². The molecule has 0 saturated heterocycles. The van der Waals surface area contributed by atoms with Crippen LogP contribution in [0.4, 0.5) is 0 Å². The third kappa shape index (κ3) is 3.41. The van der Waals surface area contributed by atoms with Gasteiger partial charge in [0.15, 0.2) is 11.4 Å². The van der Waals surface area contributed by atoms with Crippen LogP contribution in [-0.2, 0) is 13.0 Å². The van der Waals surface area contributed by atoms with Crippen molar-refractivity contribution in [1.29, 1.82) is 0 Å². The lowest BCUT2D eigenvalue weighted by molar-refractivity contribution is 0.103. The molecule has 0 radical (unpaired) electrons. The standard InChI is InChI=1S/C21H15ClN2O3/c22-17-7-2-1-6-16(17)20(25)14-8-9-18-19(13-14)27-21(26)24(18)12-10-15-5-3-4-11-23-15/h1-9,11,13H,10,12H2. The van der Waals surface area contributed by atoms with E-state index in [4.69, 9.17) is 16.0 Å². The van der Waals surface area contributed by atoms with Gasteiger partial charge in [0.2, 0.25) is 0 Å². The average molecular weight is 379 g/mol. The highest BCUT2D eigenvalue weighted by atomic mass is 35.5. The predicted molar refractivity (Wildman–Crippen MR) is 103 cm³/mol. The minimum atomic E-state index is -0.455. The molecule has 4 rings (SSSR count). The summed E-state index contributed by atoms with van der Waals surface area (Å²) in [7, 11) is 0. The fraction of sp³-hybridized carbons (Fsp3) is 0.0952. The van der Waals surface area contributed by atoms with E-state index in [-0.39, 0.29) is 5.78 Å². The zero-order valence-electron chi connectivity index (χ0n) is 14.3. The van der Waals surface area contributed by atoms with Gasteiger partial charge in [-0.15, -0.1) is 0 Å². The molecule has 0 aliphatic heterocycles. The van der Waals surface area contributed by atoms with Gasteiger partial charge in [-0.25, -0.2) is 4.79 Å². The van der Waals surface area contributed by atoms with E-state index in [1.54, 1.807) is 53.2 Å². The Hall–Kier alpha value is -3.18. The van der Waals surface area contributed by atoms with Gasteiger partial charge in [0, 0.05) is 36.0 Å². The number of benzene rings is 2. The third-order valence-electron chi connectivity index (χ3n) is 4.37. The van der Waals surface area contributed by atoms with E-state index < -0.39 is 5.76 Å². The lowest BCUT2D eigenvalue weighted by Crippen LogP contribution is -2.15. The van der Waals surface area contributed by atoms with Crippen LogP contribution in [0.3, 0.4) is 0 Å². The number of fused-ring (bicyclic) bond motifs is 1. The van der Waals surface area contributed by atoms with Crippen molar-refractivity contribution in [3.05, 3.63) is 99.3 Å². The number of aryl methyl sites for hydroxylation is 2. The van der Waals surface area contributed by atoms with Gasteiger partial charge in [-0.3, -0.25) is 14.3 Å². The zero-order valence-corrected chi connectivity index (χ0v) is 15.0. The van der Waals surface area contributed by atoms with Crippen LogP contribution >= 0.6 is 11.6 Å². The highest BCUT2D eigenvalue weighted by Gasteiger charge is 2.16. The zero-order chi connectivity index (χ0) is 18.8. The molecule has 2 heterocycles. The molecule has 4 aromatic rings. The number of pyridine rings is 1. The summed E-state index contributed by atoms with van der Waals surface area (Å²) in [4.78, 5) is 29.2. The molecule has 0 spiro atoms. The Morgan fingerprint density at radius 3 is 2.67 bits per heavy atom. The molecule has 134 valence electrons. The molecule has 2 aromatic heterocycles. The summed E-state index contributed by atoms with van der Waals surface area (Å²) in [6, 6.07) is 17.5. The largest absolute Gasteiger partial charge is 0.419 e. The van der Waals surface area contributed by atoms with Crippen LogP contribution in [0, 0.1) is 0 Å². The van der Waals surface area contributed by atoms with Gasteiger partial charge in [0.05, 0.1) is 10.5 Å². The maximum Gasteiger partial charge on any atom is 0.419 e. The van der Waals surface area contributed by atoms with Gasteiger partial charge in [0.1, 0.15) is 0 Å². The highest BCUT2D eigenvalue weighted by molar-refractivity contribution is 6.35. The van der Waals surface area contributed by atoms with Crippen LogP contribution in [0.25, 0.3) is 11.1 Å². The lowest BCUT2D eigenvalue weighted by Gasteiger charge is -2.04. The number of carbonyl (C=O) groups is 1. The minimum Gasteiger partial charge on any atom is -0.408 e. The maximum absolute atomic E-state index is 12.7. The Morgan fingerprint density at radius 1 is 1.07 bits per heavy atom. The summed E-state index contributed by atoms with van der Waals surface area (Å²) < 4.78 is 6.90. The summed E-state index contributed by atoms with van der Waals surface area (Å²) in [6.45, 7) is 0.445. The van der Waals surface area contributed by atoms with Crippen LogP contribution in [0.2, 0.25) is 5.02 Å². The van der Waals surface area contributed by atoms with Crippen LogP contribution in [-0.4, -0.2) is 15.3 Å². The van der Waals surface area contributed by atoms with Gasteiger partial charge >= 0.3 is 5.76 Å². The maximum atomic E-state index is 12.7. The molecule has 0 bridgehead atoms. The summed E-state index contributed by atoms with van der Waals surface area (Å²) in [6.07, 6.45) is 2.33. The highest BCUT2D eigenvalue weighted by Crippen LogP contribution is 2.22. The van der Waals surface area contributed by atoms with E-state index in [0.717, 1.165) is 5.69 Å². The SMILES string of the molecule is O=C(c1ccc2c(c1)oc(=O)n2CCc1ccccn1)c1ccccc1Cl. The second kappa shape index (κ2) is 7.21. The van der Waals surface area contributed by atoms with E-state index in [1.807, 2.05) is 18.2 Å². The van der Waals surface area contributed by atoms with Crippen molar-refractivity contribution in [3.63, 3.8) is 0 Å². The van der Waals surface area contributed by atoms with Crippen molar-refractivity contribution in [2.75, 3.05) is 0 Å². The summed E-state index contributed by atoms with van der Waals surface area (Å²) in [5.41, 5.74) is 2.74. The second-order valence-electron chi connectivity index (χ2n) is 6.08. The normalized spacial score (nSPS) is 11.0. The molecular weight excluding hydrogens is 364 g/mol. The molecule has 27 heavy (non-hydrogen) atoms. The smallest absolute Gasteiger partial charge is 0.408 e. The number of nitrogens with zero attached hydrogens (tertiary/aromatic N) is 2. The van der Waals surface area contributed by atoms with Gasteiger partial charge in [-0.2, -0.15) is 0 Å². The Balaban J connectivity index is 1.65. The van der Waals surface area contributed by atoms with Crippen molar-refractivity contribution < 1.29 is 9.21 Å². The van der Waals surface area contributed by atoms with Gasteiger partial charge in [0.25, 0.3) is 0 Å². The molecular formula is C21H15ClN2O3. The number of hydrogen-bond donors (Lipinski definition) is 0. The number of oxazole rings is 1. The quantitative estimate of drug-likeness (QED) is 0.490. The first-order valence-corrected chi connectivity index (χ1v) is 8.84. The van der Waals surface area contributed by atoms with Crippen LogP contribution in [0.1, 0.15) is 21.6 Å². The molecule has 6 heteroatoms. The topological polar surface area (TPSA) is 65.1 Å². The first-order chi connectivity index (χ1) is 13.1. The molecule has 0 atom stereocenters. The van der Waals surface area contributed by atoms with Crippen molar-refractivity contribution in [1.82, 2.24) is 9.55 Å². The van der Waals surface area contributed by atoms with E-state index in [9.17, 15) is 9.59 Å². The molecule has 5 nitrogen and oxygen atoms in total. The van der Waals surface area contributed by atoms with Gasteiger partial charge in [-0.1, -0.05) is 29.8 Å². The Labute approximate surface area is 159 Å². The fourth-order valence-corrected chi connectivity index (χ4v) is 3.21. The molecule has 0 aliphatic carbocycles. The molecule has 2 aromatic carbocycles. The van der Waals surface area contributed by atoms with Gasteiger partial charge in [-0.05, 0) is 42.5 Å². The molecule has 0 aliphatic rings. The predicted octanol–water partition coefficient (Wildman–Crippen LogP) is 4.12. The Bertz CT molecular complexity index is 1180. The molecule has 0 fully saturated rings. The number of hydrogen-bond acceptors (Lipinski definition) is 4. The number of halogens is 1. The first-order valence-electron chi connectivity index (χ1n) is 8.46. The second-order valence-corrected chi connectivity index (χ2v) is 6.49. The Kier molecular flexibility index (Phi) is 4.60. The average Bonchev–Trinajstić information content (AvgIpc) is 3.01. The van der Waals surface area contributed by atoms with Crippen LogP contribution in [0.5, 0.6) is 0 Å². The van der Waals surface area contributed by atoms with Crippen molar-refractivity contribution in [2.45, 2.75) is 13.0 Å². The van der Waals surface area contributed by atoms with E-state index >= 15 is 0 Å². The molecule has 0 unspecified atom stereocenters. The Morgan fingerprint density at radius 2 is 1.89 bits per heavy atom. The summed E-state index contributed by atoms with van der Waals surface area (Å²) in [5, 5.41) is 0.386. The number of ketones is 1. The summed E-state index contributed by atoms with van der Waals surface area (Å²) in [5.74, 6) is -0.672. The molecule has 0 N–H and O–H groups in total. The fourth-order valence-electron chi connectivity index (χ4n) is 2.99. The first kappa shape index (κ1) is 17.2. The van der Waals surface area contributed by atoms with Gasteiger partial charge < -0.3 is 4.42 Å². The number of rotatable bonds is 5. The van der Waals surface area contributed by atoms with E-state index in [1.165, 1.54) is 0 Å². The molecule has 0 amide bonds.